The van der Waals surface area contributed by atoms with Crippen LogP contribution in [-0.4, -0.2) is 17.0 Å². The van der Waals surface area contributed by atoms with E-state index in [0.717, 1.165) is 16.7 Å². The molecule has 3 aliphatic rings. The van der Waals surface area contributed by atoms with Crippen LogP contribution >= 0.6 is 0 Å². The summed E-state index contributed by atoms with van der Waals surface area (Å²) in [5.41, 5.74) is 2.16. The van der Waals surface area contributed by atoms with Gasteiger partial charge in [0.05, 0.1) is 17.4 Å². The largest absolute Gasteiger partial charge is 0.481 e. The Morgan fingerprint density at radius 2 is 2.17 bits per heavy atom. The molecule has 0 saturated carbocycles. The number of benzene rings is 1. The average molecular weight is 245 g/mol. The maximum Gasteiger partial charge on any atom is 0.311 e. The molecular formula is C14H15NO3. The zero-order valence-electron chi connectivity index (χ0n) is 10.4. The van der Waals surface area contributed by atoms with Crippen LogP contribution in [0.5, 0.6) is 0 Å². The van der Waals surface area contributed by atoms with Crippen LogP contribution in [0.25, 0.3) is 0 Å². The minimum absolute atomic E-state index is 0.0446. The maximum absolute atomic E-state index is 11.9. The second-order valence-corrected chi connectivity index (χ2v) is 5.55. The number of fused-ring (bicyclic) bond motifs is 2. The molecule has 1 aromatic carbocycles. The fraction of sp³-hybridized carbons (Fsp3) is 0.429. The number of carbonyl (C=O) groups is 2. The Morgan fingerprint density at radius 3 is 2.83 bits per heavy atom. The Hall–Kier alpha value is -1.84. The number of hydrogen-bond donors (Lipinski definition) is 2. The Kier molecular flexibility index (Phi) is 2.09. The molecule has 2 N–H and O–H groups in total. The Morgan fingerprint density at radius 1 is 1.44 bits per heavy atom. The normalized spacial score (nSPS) is 32.9. The summed E-state index contributed by atoms with van der Waals surface area (Å²) in [5.74, 6) is -1.22. The standard InChI is InChI=1S/C14H15NO3/c1-7-3-4-8-9(5-7)10-6-14(2,13(17)18)11(8)15-12(10)16/h3-5,10-11H,6H2,1-2H3,(H,15,16)(H,17,18)/t10-,11?,14+/m0/s1. The molecule has 1 fully saturated rings. The van der Waals surface area contributed by atoms with E-state index in [0.29, 0.717) is 6.42 Å². The molecule has 18 heavy (non-hydrogen) atoms. The van der Waals surface area contributed by atoms with E-state index in [9.17, 15) is 14.7 Å². The molecule has 1 amide bonds. The van der Waals surface area contributed by atoms with Crippen molar-refractivity contribution in [3.63, 3.8) is 0 Å². The van der Waals surface area contributed by atoms with Crippen LogP contribution in [0, 0.1) is 12.3 Å². The molecule has 4 rings (SSSR count). The van der Waals surface area contributed by atoms with Crippen molar-refractivity contribution in [2.45, 2.75) is 32.2 Å². The number of nitrogens with one attached hydrogen (secondary N) is 1. The SMILES string of the molecule is Cc1ccc2c(c1)[C@@H]1C[C@@](C)(C(=O)O)C2NC1=O. The van der Waals surface area contributed by atoms with Gasteiger partial charge in [0.15, 0.2) is 0 Å². The smallest absolute Gasteiger partial charge is 0.311 e. The molecule has 1 aromatic rings. The summed E-state index contributed by atoms with van der Waals surface area (Å²) in [7, 11) is 0. The summed E-state index contributed by atoms with van der Waals surface area (Å²) in [6.07, 6.45) is 0.384. The molecule has 4 heteroatoms. The fourth-order valence-electron chi connectivity index (χ4n) is 3.18. The molecule has 0 radical (unpaired) electrons. The number of hydrogen-bond acceptors (Lipinski definition) is 2. The Bertz CT molecular complexity index is 566. The average Bonchev–Trinajstić information content (AvgIpc) is 2.31. The van der Waals surface area contributed by atoms with Gasteiger partial charge in [-0.1, -0.05) is 23.8 Å². The summed E-state index contributed by atoms with van der Waals surface area (Å²) in [6.45, 7) is 3.70. The molecule has 94 valence electrons. The van der Waals surface area contributed by atoms with E-state index in [-0.39, 0.29) is 11.8 Å². The maximum atomic E-state index is 11.9. The summed E-state index contributed by atoms with van der Waals surface area (Å²) in [6, 6.07) is 5.51. The van der Waals surface area contributed by atoms with Crippen LogP contribution < -0.4 is 5.32 Å². The lowest BCUT2D eigenvalue weighted by atomic mass is 9.61. The van der Waals surface area contributed by atoms with Crippen LogP contribution in [-0.2, 0) is 9.59 Å². The number of carbonyl (C=O) groups excluding carboxylic acids is 1. The van der Waals surface area contributed by atoms with Crippen molar-refractivity contribution in [2.75, 3.05) is 0 Å². The minimum atomic E-state index is -0.902. The van der Waals surface area contributed by atoms with E-state index in [2.05, 4.69) is 5.32 Å². The lowest BCUT2D eigenvalue weighted by Gasteiger charge is -2.48. The van der Waals surface area contributed by atoms with E-state index in [1.165, 1.54) is 0 Å². The van der Waals surface area contributed by atoms with Crippen molar-refractivity contribution in [2.24, 2.45) is 5.41 Å². The van der Waals surface area contributed by atoms with E-state index in [1.54, 1.807) is 6.92 Å². The molecule has 2 heterocycles. The summed E-state index contributed by atoms with van der Waals surface area (Å²) in [4.78, 5) is 23.4. The number of rotatable bonds is 1. The molecule has 4 nitrogen and oxygen atoms in total. The number of aliphatic carboxylic acids is 1. The third-order valence-corrected chi connectivity index (χ3v) is 4.29. The predicted molar refractivity (Wildman–Crippen MR) is 65.2 cm³/mol. The van der Waals surface area contributed by atoms with Gasteiger partial charge in [0.2, 0.25) is 5.91 Å². The Labute approximate surface area is 105 Å². The van der Waals surface area contributed by atoms with Gasteiger partial charge >= 0.3 is 5.97 Å². The zero-order valence-corrected chi connectivity index (χ0v) is 10.4. The van der Waals surface area contributed by atoms with Gasteiger partial charge in [-0.05, 0) is 31.4 Å². The third kappa shape index (κ3) is 1.26. The molecule has 2 aliphatic heterocycles. The lowest BCUT2D eigenvalue weighted by molar-refractivity contribution is -0.155. The van der Waals surface area contributed by atoms with Crippen molar-refractivity contribution in [1.29, 1.82) is 0 Å². The van der Waals surface area contributed by atoms with Gasteiger partial charge in [-0.25, -0.2) is 0 Å². The van der Waals surface area contributed by atoms with Crippen molar-refractivity contribution in [3.8, 4) is 0 Å². The first-order valence-electron chi connectivity index (χ1n) is 6.08. The topological polar surface area (TPSA) is 66.4 Å². The highest BCUT2D eigenvalue weighted by atomic mass is 16.4. The first-order chi connectivity index (χ1) is 8.43. The van der Waals surface area contributed by atoms with Crippen LogP contribution in [0.15, 0.2) is 18.2 Å². The van der Waals surface area contributed by atoms with Crippen LogP contribution in [0.4, 0.5) is 0 Å². The van der Waals surface area contributed by atoms with Crippen molar-refractivity contribution < 1.29 is 14.7 Å². The van der Waals surface area contributed by atoms with E-state index in [1.807, 2.05) is 25.1 Å². The van der Waals surface area contributed by atoms with E-state index < -0.39 is 17.4 Å². The second kappa shape index (κ2) is 3.34. The van der Waals surface area contributed by atoms with Gasteiger partial charge in [-0.3, -0.25) is 9.59 Å². The molecule has 2 bridgehead atoms. The number of aryl methyl sites for hydroxylation is 1. The number of carboxylic acids is 1. The molecule has 0 spiro atoms. The molecular weight excluding hydrogens is 230 g/mol. The predicted octanol–water partition coefficient (Wildman–Crippen LogP) is 1.74. The van der Waals surface area contributed by atoms with Crippen LogP contribution in [0.3, 0.4) is 0 Å². The molecule has 1 saturated heterocycles. The Balaban J connectivity index is 2.20. The molecule has 1 unspecified atom stereocenters. The quantitative estimate of drug-likeness (QED) is 0.792. The number of amides is 1. The highest BCUT2D eigenvalue weighted by molar-refractivity contribution is 5.91. The minimum Gasteiger partial charge on any atom is -0.481 e. The third-order valence-electron chi connectivity index (χ3n) is 4.29. The van der Waals surface area contributed by atoms with Gasteiger partial charge < -0.3 is 10.4 Å². The molecule has 3 atom stereocenters. The molecule has 1 aliphatic carbocycles. The number of piperidine rings is 1. The highest BCUT2D eigenvalue weighted by Crippen LogP contribution is 2.53. The lowest BCUT2D eigenvalue weighted by Crippen LogP contribution is -2.55. The summed E-state index contributed by atoms with van der Waals surface area (Å²) in [5, 5.41) is 12.3. The highest BCUT2D eigenvalue weighted by Gasteiger charge is 2.55. The monoisotopic (exact) mass is 245 g/mol. The van der Waals surface area contributed by atoms with Crippen LogP contribution in [0.2, 0.25) is 0 Å². The first-order valence-corrected chi connectivity index (χ1v) is 6.08. The van der Waals surface area contributed by atoms with E-state index >= 15 is 0 Å². The summed E-state index contributed by atoms with van der Waals surface area (Å²) >= 11 is 0. The van der Waals surface area contributed by atoms with Crippen molar-refractivity contribution >= 4 is 11.9 Å². The fourth-order valence-corrected chi connectivity index (χ4v) is 3.18. The van der Waals surface area contributed by atoms with Gasteiger partial charge in [0.1, 0.15) is 0 Å². The van der Waals surface area contributed by atoms with Gasteiger partial charge in [-0.15, -0.1) is 0 Å². The van der Waals surface area contributed by atoms with E-state index in [4.69, 9.17) is 0 Å². The summed E-state index contributed by atoms with van der Waals surface area (Å²) < 4.78 is 0. The second-order valence-electron chi connectivity index (χ2n) is 5.55. The van der Waals surface area contributed by atoms with Gasteiger partial charge in [0, 0.05) is 0 Å². The van der Waals surface area contributed by atoms with Gasteiger partial charge in [-0.2, -0.15) is 0 Å². The number of carboxylic acid groups (broad SMARTS) is 1. The van der Waals surface area contributed by atoms with Crippen molar-refractivity contribution in [1.82, 2.24) is 5.32 Å². The zero-order chi connectivity index (χ0) is 13.1. The van der Waals surface area contributed by atoms with Gasteiger partial charge in [0.25, 0.3) is 0 Å². The molecule has 0 aromatic heterocycles. The first kappa shape index (κ1) is 11.3. The van der Waals surface area contributed by atoms with Crippen molar-refractivity contribution in [3.05, 3.63) is 34.9 Å². The van der Waals surface area contributed by atoms with Crippen LogP contribution in [0.1, 0.15) is 42.0 Å².